The first kappa shape index (κ1) is 16.3. The Bertz CT molecular complexity index is 701. The Kier molecular flexibility index (Phi) is 5.74. The number of aliphatic hydroxyl groups excluding tert-OH is 1. The van der Waals surface area contributed by atoms with E-state index in [1.54, 1.807) is 0 Å². The van der Waals surface area contributed by atoms with Crippen LogP contribution in [0.3, 0.4) is 0 Å². The van der Waals surface area contributed by atoms with Gasteiger partial charge in [0.25, 0.3) is 0 Å². The van der Waals surface area contributed by atoms with Gasteiger partial charge >= 0.3 is 0 Å². The van der Waals surface area contributed by atoms with Crippen molar-refractivity contribution in [1.82, 2.24) is 0 Å². The van der Waals surface area contributed by atoms with E-state index >= 15 is 0 Å². The van der Waals surface area contributed by atoms with E-state index < -0.39 is 0 Å². The second-order valence-electron chi connectivity index (χ2n) is 5.29. The summed E-state index contributed by atoms with van der Waals surface area (Å²) < 4.78 is 0. The van der Waals surface area contributed by atoms with Crippen molar-refractivity contribution in [1.29, 1.82) is 0 Å². The maximum absolute atomic E-state index is 7.00. The van der Waals surface area contributed by atoms with E-state index in [2.05, 4.69) is 74.5 Å². The molecule has 0 saturated heterocycles. The SMILES string of the molecule is CCCC.CO.c1cc2ccc3cccc4ccc(c1)c2c34. The van der Waals surface area contributed by atoms with Crippen molar-refractivity contribution < 1.29 is 5.11 Å². The van der Waals surface area contributed by atoms with E-state index in [1.165, 1.54) is 45.2 Å². The van der Waals surface area contributed by atoms with Crippen LogP contribution in [0.25, 0.3) is 32.3 Å². The smallest absolute Gasteiger partial charge is 0.0319 e. The molecule has 4 aromatic carbocycles. The zero-order valence-corrected chi connectivity index (χ0v) is 13.6. The summed E-state index contributed by atoms with van der Waals surface area (Å²) in [6, 6.07) is 21.9. The van der Waals surface area contributed by atoms with Gasteiger partial charge in [-0.2, -0.15) is 0 Å². The van der Waals surface area contributed by atoms with Gasteiger partial charge in [-0.05, 0) is 32.3 Å². The Balaban J connectivity index is 0.000000259. The molecule has 0 saturated carbocycles. The topological polar surface area (TPSA) is 20.2 Å². The van der Waals surface area contributed by atoms with Crippen LogP contribution < -0.4 is 0 Å². The average molecular weight is 292 g/mol. The molecule has 0 fully saturated rings. The van der Waals surface area contributed by atoms with Gasteiger partial charge in [0.1, 0.15) is 0 Å². The third-order valence-electron chi connectivity index (χ3n) is 3.89. The predicted octanol–water partition coefficient (Wildman–Crippen LogP) is 6.00. The van der Waals surface area contributed by atoms with E-state index in [0.29, 0.717) is 0 Å². The fourth-order valence-corrected chi connectivity index (χ4v) is 2.67. The summed E-state index contributed by atoms with van der Waals surface area (Å²) in [5.74, 6) is 0. The van der Waals surface area contributed by atoms with Crippen LogP contribution in [0.2, 0.25) is 0 Å². The molecule has 0 aromatic heterocycles. The molecule has 1 N–H and O–H groups in total. The van der Waals surface area contributed by atoms with Crippen LogP contribution in [-0.2, 0) is 0 Å². The number of rotatable bonds is 1. The van der Waals surface area contributed by atoms with Crippen molar-refractivity contribution in [2.45, 2.75) is 26.7 Å². The molecule has 0 aliphatic heterocycles. The minimum atomic E-state index is 1.00. The van der Waals surface area contributed by atoms with Crippen LogP contribution in [0.4, 0.5) is 0 Å². The summed E-state index contributed by atoms with van der Waals surface area (Å²) in [4.78, 5) is 0. The highest BCUT2D eigenvalue weighted by Gasteiger charge is 2.05. The normalized spacial score (nSPS) is 10.2. The second kappa shape index (κ2) is 7.77. The average Bonchev–Trinajstić information content (AvgIpc) is 2.62. The molecule has 0 unspecified atom stereocenters. The lowest BCUT2D eigenvalue weighted by molar-refractivity contribution is 0.399. The van der Waals surface area contributed by atoms with Gasteiger partial charge in [0.2, 0.25) is 0 Å². The molecule has 4 rings (SSSR count). The van der Waals surface area contributed by atoms with Gasteiger partial charge in [0.15, 0.2) is 0 Å². The summed E-state index contributed by atoms with van der Waals surface area (Å²) >= 11 is 0. The van der Waals surface area contributed by atoms with E-state index in [1.807, 2.05) is 0 Å². The lowest BCUT2D eigenvalue weighted by Gasteiger charge is -2.09. The lowest BCUT2D eigenvalue weighted by Crippen LogP contribution is -1.82. The van der Waals surface area contributed by atoms with E-state index in [0.717, 1.165) is 7.11 Å². The fraction of sp³-hybridized carbons (Fsp3) is 0.238. The number of hydrogen-bond donors (Lipinski definition) is 1. The van der Waals surface area contributed by atoms with Crippen molar-refractivity contribution in [3.63, 3.8) is 0 Å². The highest BCUT2D eigenvalue weighted by Crippen LogP contribution is 2.33. The molecule has 0 heterocycles. The van der Waals surface area contributed by atoms with Gasteiger partial charge in [0.05, 0.1) is 0 Å². The molecule has 0 spiro atoms. The van der Waals surface area contributed by atoms with Gasteiger partial charge in [-0.15, -0.1) is 0 Å². The van der Waals surface area contributed by atoms with E-state index in [4.69, 9.17) is 5.11 Å². The first-order chi connectivity index (χ1) is 10.8. The fourth-order valence-electron chi connectivity index (χ4n) is 2.67. The van der Waals surface area contributed by atoms with Crippen molar-refractivity contribution in [2.75, 3.05) is 7.11 Å². The van der Waals surface area contributed by atoms with Crippen LogP contribution in [0.1, 0.15) is 26.7 Å². The Labute approximate surface area is 132 Å². The van der Waals surface area contributed by atoms with Crippen molar-refractivity contribution in [3.8, 4) is 0 Å². The van der Waals surface area contributed by atoms with Crippen LogP contribution in [0.5, 0.6) is 0 Å². The maximum Gasteiger partial charge on any atom is 0.0319 e. The molecule has 0 atom stereocenters. The van der Waals surface area contributed by atoms with Crippen molar-refractivity contribution >= 4 is 32.3 Å². The van der Waals surface area contributed by atoms with Gasteiger partial charge < -0.3 is 5.11 Å². The first-order valence-electron chi connectivity index (χ1n) is 7.92. The summed E-state index contributed by atoms with van der Waals surface area (Å²) in [7, 11) is 1.00. The zero-order valence-electron chi connectivity index (χ0n) is 13.6. The minimum Gasteiger partial charge on any atom is -0.400 e. The summed E-state index contributed by atoms with van der Waals surface area (Å²) in [5, 5.41) is 15.1. The maximum atomic E-state index is 7.00. The standard InChI is InChI=1S/C16H10.C4H10.CH4O/c1-3-11-7-9-13-5-2-6-14-10-8-12(4-1)15(11)16(13)14;1-3-4-2;1-2/h1-10H;3-4H2,1-2H3;2H,1H3. The molecule has 0 aliphatic carbocycles. The Morgan fingerprint density at radius 2 is 0.818 bits per heavy atom. The molecule has 1 heteroatoms. The third kappa shape index (κ3) is 3.05. The minimum absolute atomic E-state index is 1.00. The quantitative estimate of drug-likeness (QED) is 0.427. The van der Waals surface area contributed by atoms with E-state index in [9.17, 15) is 0 Å². The van der Waals surface area contributed by atoms with Crippen molar-refractivity contribution in [2.24, 2.45) is 0 Å². The molecule has 4 aromatic rings. The number of hydrogen-bond acceptors (Lipinski definition) is 1. The summed E-state index contributed by atoms with van der Waals surface area (Å²) in [6.07, 6.45) is 2.64. The third-order valence-corrected chi connectivity index (χ3v) is 3.89. The van der Waals surface area contributed by atoms with Crippen LogP contribution in [0, 0.1) is 0 Å². The van der Waals surface area contributed by atoms with Gasteiger partial charge in [0, 0.05) is 7.11 Å². The Morgan fingerprint density at radius 3 is 1.05 bits per heavy atom. The molecule has 1 nitrogen and oxygen atoms in total. The molecule has 0 radical (unpaired) electrons. The summed E-state index contributed by atoms with van der Waals surface area (Å²) in [5.41, 5.74) is 0. The Morgan fingerprint density at radius 1 is 0.545 bits per heavy atom. The van der Waals surface area contributed by atoms with E-state index in [-0.39, 0.29) is 0 Å². The van der Waals surface area contributed by atoms with Crippen LogP contribution in [-0.4, -0.2) is 12.2 Å². The molecule has 114 valence electrons. The number of unbranched alkanes of at least 4 members (excludes halogenated alkanes) is 1. The summed E-state index contributed by atoms with van der Waals surface area (Å²) in [6.45, 7) is 4.36. The molecule has 0 amide bonds. The molecular weight excluding hydrogens is 268 g/mol. The highest BCUT2D eigenvalue weighted by atomic mass is 16.2. The first-order valence-corrected chi connectivity index (χ1v) is 7.92. The highest BCUT2D eigenvalue weighted by molar-refractivity contribution is 6.22. The predicted molar refractivity (Wildman–Crippen MR) is 98.9 cm³/mol. The number of benzene rings is 4. The lowest BCUT2D eigenvalue weighted by atomic mass is 9.95. The molecule has 22 heavy (non-hydrogen) atoms. The van der Waals surface area contributed by atoms with Crippen LogP contribution in [0.15, 0.2) is 60.7 Å². The van der Waals surface area contributed by atoms with Gasteiger partial charge in [-0.1, -0.05) is 87.4 Å². The van der Waals surface area contributed by atoms with Crippen molar-refractivity contribution in [3.05, 3.63) is 60.7 Å². The zero-order chi connectivity index (χ0) is 15.9. The number of aliphatic hydroxyl groups is 1. The monoisotopic (exact) mass is 292 g/mol. The second-order valence-corrected chi connectivity index (χ2v) is 5.29. The molecule has 0 aliphatic rings. The van der Waals surface area contributed by atoms with Gasteiger partial charge in [-0.25, -0.2) is 0 Å². The molecular formula is C21H24O. The van der Waals surface area contributed by atoms with Crippen LogP contribution >= 0.6 is 0 Å². The molecule has 0 bridgehead atoms. The Hall–Kier alpha value is -2.12. The largest absolute Gasteiger partial charge is 0.400 e. The van der Waals surface area contributed by atoms with Gasteiger partial charge in [-0.3, -0.25) is 0 Å².